The van der Waals surface area contributed by atoms with Crippen LogP contribution >= 0.6 is 11.6 Å². The number of nitrogens with zero attached hydrogens (tertiary/aromatic N) is 3. The van der Waals surface area contributed by atoms with Crippen LogP contribution in [0.4, 0.5) is 30.6 Å². The number of nitrogens with one attached hydrogen (secondary N) is 2. The van der Waals surface area contributed by atoms with E-state index in [0.717, 1.165) is 31.1 Å². The van der Waals surface area contributed by atoms with Gasteiger partial charge < -0.3 is 20.3 Å². The fourth-order valence-electron chi connectivity index (χ4n) is 2.52. The van der Waals surface area contributed by atoms with Crippen molar-refractivity contribution in [3.05, 3.63) is 35.0 Å². The molecule has 1 aliphatic carbocycles. The van der Waals surface area contributed by atoms with Crippen LogP contribution in [-0.2, 0) is 0 Å². The smallest absolute Gasteiger partial charge is 0.404 e. The molecule has 10 heteroatoms. The fraction of sp³-hybridized carbons (Fsp3) is 0.444. The Morgan fingerprint density at radius 3 is 2.57 bits per heavy atom. The third kappa shape index (κ3) is 6.13. The second-order valence-electron chi connectivity index (χ2n) is 6.82. The highest BCUT2D eigenvalue weighted by Crippen LogP contribution is 2.40. The summed E-state index contributed by atoms with van der Waals surface area (Å²) in [4.78, 5) is 11.0. The number of anilines is 3. The van der Waals surface area contributed by atoms with Gasteiger partial charge in [0.15, 0.2) is 0 Å². The average molecular weight is 416 g/mol. The molecule has 28 heavy (non-hydrogen) atoms. The SMILES string of the molecule is CN(C)CCNc1nc(Nc2ccc(OC(F)(F)F)c(Cl)c2)cc(C2CC2)n1. The minimum absolute atomic E-state index is 0.150. The quantitative estimate of drug-likeness (QED) is 0.655. The van der Waals surface area contributed by atoms with Gasteiger partial charge in [-0.15, -0.1) is 13.2 Å². The molecular weight excluding hydrogens is 395 g/mol. The maximum Gasteiger partial charge on any atom is 0.573 e. The number of hydrogen-bond donors (Lipinski definition) is 2. The van der Waals surface area contributed by atoms with E-state index in [1.165, 1.54) is 12.1 Å². The Kier molecular flexibility index (Phi) is 6.14. The Hall–Kier alpha value is -2.26. The zero-order valence-corrected chi connectivity index (χ0v) is 16.2. The number of alkyl halides is 3. The van der Waals surface area contributed by atoms with Crippen molar-refractivity contribution >= 4 is 29.1 Å². The summed E-state index contributed by atoms with van der Waals surface area (Å²) in [6.07, 6.45) is -2.62. The van der Waals surface area contributed by atoms with Gasteiger partial charge in [-0.05, 0) is 45.1 Å². The predicted octanol–water partition coefficient (Wildman–Crippen LogP) is 4.62. The van der Waals surface area contributed by atoms with Crippen LogP contribution in [0.15, 0.2) is 24.3 Å². The molecule has 1 heterocycles. The van der Waals surface area contributed by atoms with E-state index in [2.05, 4.69) is 25.3 Å². The molecule has 0 atom stereocenters. The van der Waals surface area contributed by atoms with Crippen LogP contribution in [0.2, 0.25) is 5.02 Å². The maximum absolute atomic E-state index is 12.4. The molecule has 0 amide bonds. The molecule has 2 aromatic rings. The molecule has 1 fully saturated rings. The van der Waals surface area contributed by atoms with Gasteiger partial charge in [-0.3, -0.25) is 0 Å². The van der Waals surface area contributed by atoms with Crippen molar-refractivity contribution in [1.82, 2.24) is 14.9 Å². The Balaban J connectivity index is 1.75. The van der Waals surface area contributed by atoms with Gasteiger partial charge in [0.05, 0.1) is 10.7 Å². The third-order valence-electron chi connectivity index (χ3n) is 4.01. The van der Waals surface area contributed by atoms with Gasteiger partial charge in [-0.25, -0.2) is 4.98 Å². The lowest BCUT2D eigenvalue weighted by Crippen LogP contribution is -2.21. The lowest BCUT2D eigenvalue weighted by Gasteiger charge is -2.14. The van der Waals surface area contributed by atoms with E-state index in [-0.39, 0.29) is 5.02 Å². The summed E-state index contributed by atoms with van der Waals surface area (Å²) in [6.45, 7) is 1.52. The topological polar surface area (TPSA) is 62.3 Å². The second-order valence-corrected chi connectivity index (χ2v) is 7.23. The highest BCUT2D eigenvalue weighted by molar-refractivity contribution is 6.32. The van der Waals surface area contributed by atoms with Gasteiger partial charge in [0.2, 0.25) is 5.95 Å². The Morgan fingerprint density at radius 2 is 1.96 bits per heavy atom. The zero-order valence-electron chi connectivity index (χ0n) is 15.5. The normalized spacial score (nSPS) is 14.2. The number of benzene rings is 1. The van der Waals surface area contributed by atoms with E-state index in [4.69, 9.17) is 11.6 Å². The van der Waals surface area contributed by atoms with E-state index in [1.807, 2.05) is 25.1 Å². The summed E-state index contributed by atoms with van der Waals surface area (Å²) >= 11 is 5.91. The van der Waals surface area contributed by atoms with Crippen LogP contribution < -0.4 is 15.4 Å². The molecule has 0 saturated heterocycles. The van der Waals surface area contributed by atoms with Gasteiger partial charge in [0.25, 0.3) is 0 Å². The summed E-state index contributed by atoms with van der Waals surface area (Å²) in [5.74, 6) is 1.03. The Labute approximate surface area is 166 Å². The minimum atomic E-state index is -4.79. The van der Waals surface area contributed by atoms with Crippen LogP contribution in [0.5, 0.6) is 5.75 Å². The lowest BCUT2D eigenvalue weighted by atomic mass is 10.2. The van der Waals surface area contributed by atoms with E-state index < -0.39 is 12.1 Å². The van der Waals surface area contributed by atoms with Crippen LogP contribution in [0.3, 0.4) is 0 Å². The molecule has 1 saturated carbocycles. The van der Waals surface area contributed by atoms with Crippen molar-refractivity contribution in [3.63, 3.8) is 0 Å². The van der Waals surface area contributed by atoms with Crippen molar-refractivity contribution in [3.8, 4) is 5.75 Å². The number of aromatic nitrogens is 2. The summed E-state index contributed by atoms with van der Waals surface area (Å²) in [5, 5.41) is 6.12. The molecule has 2 N–H and O–H groups in total. The first-order valence-electron chi connectivity index (χ1n) is 8.79. The summed E-state index contributed by atoms with van der Waals surface area (Å²) in [6, 6.07) is 5.83. The van der Waals surface area contributed by atoms with Gasteiger partial charge in [-0.2, -0.15) is 4.98 Å². The van der Waals surface area contributed by atoms with Gasteiger partial charge in [0, 0.05) is 30.8 Å². The van der Waals surface area contributed by atoms with Crippen molar-refractivity contribution in [2.45, 2.75) is 25.1 Å². The molecule has 0 aliphatic heterocycles. The number of halogens is 4. The first kappa shape index (κ1) is 20.5. The molecule has 1 aromatic carbocycles. The average Bonchev–Trinajstić information content (AvgIpc) is 3.41. The van der Waals surface area contributed by atoms with Crippen LogP contribution in [0.25, 0.3) is 0 Å². The third-order valence-corrected chi connectivity index (χ3v) is 4.31. The van der Waals surface area contributed by atoms with E-state index in [9.17, 15) is 13.2 Å². The largest absolute Gasteiger partial charge is 0.573 e. The number of ether oxygens (including phenoxy) is 1. The maximum atomic E-state index is 12.4. The molecule has 6 nitrogen and oxygen atoms in total. The minimum Gasteiger partial charge on any atom is -0.404 e. The predicted molar refractivity (Wildman–Crippen MR) is 102 cm³/mol. The molecule has 0 radical (unpaired) electrons. The van der Waals surface area contributed by atoms with Crippen molar-refractivity contribution < 1.29 is 17.9 Å². The first-order chi connectivity index (χ1) is 13.2. The molecule has 1 aliphatic rings. The second kappa shape index (κ2) is 8.40. The number of hydrogen-bond acceptors (Lipinski definition) is 6. The van der Waals surface area contributed by atoms with E-state index in [1.54, 1.807) is 0 Å². The lowest BCUT2D eigenvalue weighted by molar-refractivity contribution is -0.274. The summed E-state index contributed by atoms with van der Waals surface area (Å²) in [5.41, 5.74) is 1.44. The van der Waals surface area contributed by atoms with E-state index in [0.29, 0.717) is 29.9 Å². The molecule has 1 aromatic heterocycles. The monoisotopic (exact) mass is 415 g/mol. The van der Waals surface area contributed by atoms with E-state index >= 15 is 0 Å². The van der Waals surface area contributed by atoms with Crippen molar-refractivity contribution in [2.75, 3.05) is 37.8 Å². The number of likely N-dealkylation sites (N-methyl/N-ethyl adjacent to an activating group) is 1. The molecule has 0 spiro atoms. The molecule has 152 valence electrons. The Bertz CT molecular complexity index is 827. The fourth-order valence-corrected chi connectivity index (χ4v) is 2.74. The van der Waals surface area contributed by atoms with Gasteiger partial charge in [-0.1, -0.05) is 11.6 Å². The number of rotatable bonds is 8. The van der Waals surface area contributed by atoms with Crippen molar-refractivity contribution in [1.29, 1.82) is 0 Å². The summed E-state index contributed by atoms with van der Waals surface area (Å²) in [7, 11) is 3.96. The molecule has 3 rings (SSSR count). The first-order valence-corrected chi connectivity index (χ1v) is 9.17. The van der Waals surface area contributed by atoms with Gasteiger partial charge in [0.1, 0.15) is 11.6 Å². The Morgan fingerprint density at radius 1 is 1.21 bits per heavy atom. The van der Waals surface area contributed by atoms with Crippen LogP contribution in [0.1, 0.15) is 24.5 Å². The van der Waals surface area contributed by atoms with Crippen molar-refractivity contribution in [2.24, 2.45) is 0 Å². The zero-order chi connectivity index (χ0) is 20.3. The highest BCUT2D eigenvalue weighted by atomic mass is 35.5. The molecular formula is C18H21ClF3N5O. The standard InChI is InChI=1S/C18H21ClF3N5O/c1-27(2)8-7-23-17-25-14(11-3-4-11)10-16(26-17)24-12-5-6-15(13(19)9-12)28-18(20,21)22/h5-6,9-11H,3-4,7-8H2,1-2H3,(H2,23,24,25,26). The van der Waals surface area contributed by atoms with Gasteiger partial charge >= 0.3 is 6.36 Å². The molecule has 0 bridgehead atoms. The summed E-state index contributed by atoms with van der Waals surface area (Å²) < 4.78 is 41.0. The van der Waals surface area contributed by atoms with Crippen LogP contribution in [0, 0.1) is 0 Å². The highest BCUT2D eigenvalue weighted by Gasteiger charge is 2.32. The molecule has 0 unspecified atom stereocenters. The van der Waals surface area contributed by atoms with Crippen LogP contribution in [-0.4, -0.2) is 48.4 Å².